The van der Waals surface area contributed by atoms with Crippen LogP contribution in [0.15, 0.2) is 42.5 Å². The topological polar surface area (TPSA) is 32.3 Å². The number of halogens is 1. The van der Waals surface area contributed by atoms with Crippen LogP contribution in [0.3, 0.4) is 0 Å². The van der Waals surface area contributed by atoms with E-state index < -0.39 is 0 Å². The molecular formula is C23H25FN2O. The molecule has 2 aromatic rings. The second-order valence-corrected chi connectivity index (χ2v) is 8.22. The molecule has 0 spiro atoms. The molecule has 0 saturated carbocycles. The van der Waals surface area contributed by atoms with Crippen molar-refractivity contribution < 1.29 is 9.18 Å². The SMILES string of the molecule is O=C(c1ccc2c(c1)CCCN2)N1[C@@H]2CC[C@H]1C[C@@H](c1ccc(F)cc1)C2. The van der Waals surface area contributed by atoms with E-state index in [9.17, 15) is 9.18 Å². The predicted molar refractivity (Wildman–Crippen MR) is 105 cm³/mol. The number of aryl methyl sites for hydroxylation is 1. The Kier molecular flexibility index (Phi) is 4.14. The molecule has 5 rings (SSSR count). The Bertz CT molecular complexity index is 849. The van der Waals surface area contributed by atoms with Crippen molar-refractivity contribution in [2.75, 3.05) is 11.9 Å². The van der Waals surface area contributed by atoms with E-state index in [0.29, 0.717) is 18.0 Å². The summed E-state index contributed by atoms with van der Waals surface area (Å²) in [6.07, 6.45) is 6.31. The lowest BCUT2D eigenvalue weighted by atomic mass is 9.84. The van der Waals surface area contributed by atoms with Crippen LogP contribution in [0.2, 0.25) is 0 Å². The van der Waals surface area contributed by atoms with E-state index in [-0.39, 0.29) is 11.7 Å². The molecule has 3 aliphatic rings. The number of hydrogen-bond donors (Lipinski definition) is 1. The molecule has 2 fully saturated rings. The molecule has 2 saturated heterocycles. The molecule has 1 amide bonds. The number of fused-ring (bicyclic) bond motifs is 3. The van der Waals surface area contributed by atoms with Gasteiger partial charge >= 0.3 is 0 Å². The molecule has 3 aliphatic heterocycles. The minimum absolute atomic E-state index is 0.184. The van der Waals surface area contributed by atoms with Crippen molar-refractivity contribution in [1.29, 1.82) is 0 Å². The molecule has 3 atom stereocenters. The van der Waals surface area contributed by atoms with Gasteiger partial charge in [-0.15, -0.1) is 0 Å². The van der Waals surface area contributed by atoms with Gasteiger partial charge in [0.05, 0.1) is 0 Å². The lowest BCUT2D eigenvalue weighted by molar-refractivity contribution is 0.0571. The Morgan fingerprint density at radius 3 is 2.52 bits per heavy atom. The Balaban J connectivity index is 1.36. The van der Waals surface area contributed by atoms with Crippen LogP contribution in [0.4, 0.5) is 10.1 Å². The molecule has 3 nitrogen and oxygen atoms in total. The van der Waals surface area contributed by atoms with Gasteiger partial charge in [-0.25, -0.2) is 4.39 Å². The number of carbonyl (C=O) groups excluding carboxylic acids is 1. The van der Waals surface area contributed by atoms with Crippen LogP contribution in [0.5, 0.6) is 0 Å². The normalized spacial score (nSPS) is 26.4. The summed E-state index contributed by atoms with van der Waals surface area (Å²) in [6.45, 7) is 1.02. The maximum absolute atomic E-state index is 13.3. The molecule has 3 heterocycles. The summed E-state index contributed by atoms with van der Waals surface area (Å²) in [6, 6.07) is 13.7. The quantitative estimate of drug-likeness (QED) is 0.835. The maximum atomic E-state index is 13.3. The number of amides is 1. The Morgan fingerprint density at radius 1 is 1.04 bits per heavy atom. The average molecular weight is 364 g/mol. The molecule has 0 aromatic heterocycles. The first kappa shape index (κ1) is 16.8. The zero-order chi connectivity index (χ0) is 18.4. The minimum Gasteiger partial charge on any atom is -0.385 e. The third-order valence-corrected chi connectivity index (χ3v) is 6.60. The highest BCUT2D eigenvalue weighted by Crippen LogP contribution is 2.43. The molecular weight excluding hydrogens is 339 g/mol. The molecule has 1 N–H and O–H groups in total. The van der Waals surface area contributed by atoms with Crippen molar-refractivity contribution in [2.45, 2.75) is 56.5 Å². The second kappa shape index (κ2) is 6.66. The van der Waals surface area contributed by atoms with Gasteiger partial charge in [0, 0.05) is 29.9 Å². The second-order valence-electron chi connectivity index (χ2n) is 8.22. The number of rotatable bonds is 2. The first-order chi connectivity index (χ1) is 13.2. The fourth-order valence-electron chi connectivity index (χ4n) is 5.27. The number of piperidine rings is 1. The van der Waals surface area contributed by atoms with Crippen LogP contribution < -0.4 is 5.32 Å². The summed E-state index contributed by atoms with van der Waals surface area (Å²) in [5.74, 6) is 0.435. The number of benzene rings is 2. The van der Waals surface area contributed by atoms with Crippen molar-refractivity contribution in [3.63, 3.8) is 0 Å². The highest BCUT2D eigenvalue weighted by atomic mass is 19.1. The molecule has 140 valence electrons. The van der Waals surface area contributed by atoms with Gasteiger partial charge in [-0.3, -0.25) is 4.79 Å². The van der Waals surface area contributed by atoms with Crippen LogP contribution in [0.25, 0.3) is 0 Å². The van der Waals surface area contributed by atoms with Crippen LogP contribution in [0, 0.1) is 5.82 Å². The van der Waals surface area contributed by atoms with E-state index in [4.69, 9.17) is 0 Å². The zero-order valence-corrected chi connectivity index (χ0v) is 15.5. The molecule has 4 heteroatoms. The van der Waals surface area contributed by atoms with Crippen LogP contribution in [-0.2, 0) is 6.42 Å². The molecule has 2 bridgehead atoms. The molecule has 2 aromatic carbocycles. The van der Waals surface area contributed by atoms with Crippen molar-refractivity contribution in [3.05, 3.63) is 65.0 Å². The number of nitrogens with zero attached hydrogens (tertiary/aromatic N) is 1. The van der Waals surface area contributed by atoms with Gasteiger partial charge < -0.3 is 10.2 Å². The van der Waals surface area contributed by atoms with Crippen molar-refractivity contribution >= 4 is 11.6 Å². The summed E-state index contributed by atoms with van der Waals surface area (Å²) in [4.78, 5) is 15.4. The molecule has 0 radical (unpaired) electrons. The van der Waals surface area contributed by atoms with E-state index in [2.05, 4.69) is 22.3 Å². The minimum atomic E-state index is -0.184. The van der Waals surface area contributed by atoms with Gasteiger partial charge in [0.1, 0.15) is 5.82 Å². The van der Waals surface area contributed by atoms with E-state index in [1.807, 2.05) is 18.2 Å². The van der Waals surface area contributed by atoms with Gasteiger partial charge in [-0.1, -0.05) is 12.1 Å². The molecule has 0 unspecified atom stereocenters. The Hall–Kier alpha value is -2.36. The summed E-state index contributed by atoms with van der Waals surface area (Å²) in [5, 5.41) is 3.41. The monoisotopic (exact) mass is 364 g/mol. The maximum Gasteiger partial charge on any atom is 0.254 e. The Morgan fingerprint density at radius 2 is 1.78 bits per heavy atom. The zero-order valence-electron chi connectivity index (χ0n) is 15.5. The summed E-state index contributed by atoms with van der Waals surface area (Å²) < 4.78 is 13.2. The van der Waals surface area contributed by atoms with Gasteiger partial charge in [-0.2, -0.15) is 0 Å². The van der Waals surface area contributed by atoms with Crippen LogP contribution in [-0.4, -0.2) is 29.4 Å². The van der Waals surface area contributed by atoms with Gasteiger partial charge in [0.25, 0.3) is 5.91 Å². The smallest absolute Gasteiger partial charge is 0.254 e. The fourth-order valence-corrected chi connectivity index (χ4v) is 5.27. The number of carbonyl (C=O) groups is 1. The van der Waals surface area contributed by atoms with Gasteiger partial charge in [0.2, 0.25) is 0 Å². The van der Waals surface area contributed by atoms with Gasteiger partial charge in [-0.05, 0) is 85.9 Å². The van der Waals surface area contributed by atoms with Crippen molar-refractivity contribution in [1.82, 2.24) is 4.90 Å². The number of anilines is 1. The summed E-state index contributed by atoms with van der Waals surface area (Å²) in [5.41, 5.74) is 4.48. The van der Waals surface area contributed by atoms with Crippen LogP contribution >= 0.6 is 0 Å². The lowest BCUT2D eigenvalue weighted by Gasteiger charge is -2.39. The first-order valence-corrected chi connectivity index (χ1v) is 10.1. The number of hydrogen-bond acceptors (Lipinski definition) is 2. The highest BCUT2D eigenvalue weighted by Gasteiger charge is 2.43. The predicted octanol–water partition coefficient (Wildman–Crippen LogP) is 4.73. The molecule has 27 heavy (non-hydrogen) atoms. The standard InChI is InChI=1S/C23H25FN2O/c24-19-6-3-15(4-7-19)18-13-20-8-9-21(14-18)26(20)23(27)17-5-10-22-16(12-17)2-1-11-25-22/h3-7,10,12,18,20-21,25H,1-2,8-9,11,13-14H2/t18-,20+,21-. The summed E-state index contributed by atoms with van der Waals surface area (Å²) in [7, 11) is 0. The Labute approximate surface area is 159 Å². The highest BCUT2D eigenvalue weighted by molar-refractivity contribution is 5.95. The van der Waals surface area contributed by atoms with E-state index in [0.717, 1.165) is 50.6 Å². The third kappa shape index (κ3) is 3.01. The molecule has 0 aliphatic carbocycles. The lowest BCUT2D eigenvalue weighted by Crippen LogP contribution is -2.46. The average Bonchev–Trinajstić information content (AvgIpc) is 2.97. The largest absolute Gasteiger partial charge is 0.385 e. The summed E-state index contributed by atoms with van der Waals surface area (Å²) >= 11 is 0. The third-order valence-electron chi connectivity index (χ3n) is 6.60. The van der Waals surface area contributed by atoms with E-state index in [1.165, 1.54) is 16.8 Å². The van der Waals surface area contributed by atoms with Crippen molar-refractivity contribution in [3.8, 4) is 0 Å². The van der Waals surface area contributed by atoms with E-state index >= 15 is 0 Å². The van der Waals surface area contributed by atoms with Gasteiger partial charge in [0.15, 0.2) is 0 Å². The first-order valence-electron chi connectivity index (χ1n) is 10.1. The number of nitrogens with one attached hydrogen (secondary N) is 1. The van der Waals surface area contributed by atoms with E-state index in [1.54, 1.807) is 12.1 Å². The fraction of sp³-hybridized carbons (Fsp3) is 0.435. The van der Waals surface area contributed by atoms with Crippen LogP contribution in [0.1, 0.15) is 59.5 Å². The van der Waals surface area contributed by atoms with Crippen molar-refractivity contribution in [2.24, 2.45) is 0 Å².